The Labute approximate surface area is 191 Å². The molecule has 1 fully saturated rings. The Hall–Kier alpha value is -3.10. The lowest BCUT2D eigenvalue weighted by molar-refractivity contribution is 0.0628. The van der Waals surface area contributed by atoms with Crippen molar-refractivity contribution in [2.45, 2.75) is 20.1 Å². The summed E-state index contributed by atoms with van der Waals surface area (Å²) in [6.07, 6.45) is 0. The van der Waals surface area contributed by atoms with Crippen molar-refractivity contribution in [3.8, 4) is 17.2 Å². The maximum absolute atomic E-state index is 12.9. The van der Waals surface area contributed by atoms with Crippen LogP contribution in [0.1, 0.15) is 26.6 Å². The van der Waals surface area contributed by atoms with Gasteiger partial charge in [-0.05, 0) is 48.9 Å². The van der Waals surface area contributed by atoms with Crippen molar-refractivity contribution in [1.82, 2.24) is 14.8 Å². The SMILES string of the molecule is Cc1nc(COc2ccc(C(=O)N3CCN(Cc4ccc5c(c4)OCO5)CC3)cc2)cs1. The molecule has 3 heterocycles. The molecule has 0 bridgehead atoms. The van der Waals surface area contributed by atoms with Crippen molar-refractivity contribution in [3.63, 3.8) is 0 Å². The van der Waals surface area contributed by atoms with Crippen LogP contribution in [0, 0.1) is 6.92 Å². The molecule has 32 heavy (non-hydrogen) atoms. The number of hydrogen-bond acceptors (Lipinski definition) is 7. The van der Waals surface area contributed by atoms with E-state index < -0.39 is 0 Å². The third kappa shape index (κ3) is 4.71. The van der Waals surface area contributed by atoms with Gasteiger partial charge >= 0.3 is 0 Å². The molecular formula is C24H25N3O4S. The number of rotatable bonds is 6. The van der Waals surface area contributed by atoms with Crippen LogP contribution in [-0.4, -0.2) is 53.7 Å². The number of carbonyl (C=O) groups excluding carboxylic acids is 1. The van der Waals surface area contributed by atoms with Crippen molar-refractivity contribution < 1.29 is 19.0 Å². The Morgan fingerprint density at radius 3 is 2.59 bits per heavy atom. The lowest BCUT2D eigenvalue weighted by Crippen LogP contribution is -2.48. The summed E-state index contributed by atoms with van der Waals surface area (Å²) >= 11 is 1.61. The average Bonchev–Trinajstić information content (AvgIpc) is 3.46. The number of piperazine rings is 1. The molecule has 0 aliphatic carbocycles. The molecule has 1 aromatic heterocycles. The highest BCUT2D eigenvalue weighted by molar-refractivity contribution is 7.09. The van der Waals surface area contributed by atoms with Crippen molar-refractivity contribution >= 4 is 17.2 Å². The molecule has 2 aliphatic rings. The molecule has 0 N–H and O–H groups in total. The Morgan fingerprint density at radius 2 is 1.84 bits per heavy atom. The summed E-state index contributed by atoms with van der Waals surface area (Å²) in [4.78, 5) is 21.6. The van der Waals surface area contributed by atoms with Gasteiger partial charge < -0.3 is 19.1 Å². The van der Waals surface area contributed by atoms with E-state index in [1.807, 2.05) is 53.6 Å². The standard InChI is InChI=1S/C24H25N3O4S/c1-17-25-20(15-32-17)14-29-21-5-3-19(4-6-21)24(28)27-10-8-26(9-11-27)13-18-2-7-22-23(12-18)31-16-30-22/h2-7,12,15H,8-11,13-14,16H2,1H3. The normalized spacial score (nSPS) is 15.7. The highest BCUT2D eigenvalue weighted by Gasteiger charge is 2.23. The molecule has 0 atom stereocenters. The zero-order valence-electron chi connectivity index (χ0n) is 18.0. The van der Waals surface area contributed by atoms with Gasteiger partial charge in [0.1, 0.15) is 12.4 Å². The number of hydrogen-bond donors (Lipinski definition) is 0. The first-order valence-electron chi connectivity index (χ1n) is 10.7. The first-order valence-corrected chi connectivity index (χ1v) is 11.6. The van der Waals surface area contributed by atoms with E-state index in [1.165, 1.54) is 5.56 Å². The molecule has 2 aromatic carbocycles. The summed E-state index contributed by atoms with van der Waals surface area (Å²) in [5, 5.41) is 3.03. The van der Waals surface area contributed by atoms with Crippen molar-refractivity contribution in [2.24, 2.45) is 0 Å². The van der Waals surface area contributed by atoms with E-state index in [0.717, 1.165) is 47.6 Å². The number of fused-ring (bicyclic) bond motifs is 1. The number of ether oxygens (including phenoxy) is 3. The molecule has 1 saturated heterocycles. The number of carbonyl (C=O) groups is 1. The number of benzene rings is 2. The summed E-state index contributed by atoms with van der Waals surface area (Å²) in [6.45, 7) is 6.65. The zero-order chi connectivity index (χ0) is 21.9. The second-order valence-electron chi connectivity index (χ2n) is 7.93. The number of thiazole rings is 1. The number of amides is 1. The number of aromatic nitrogens is 1. The van der Waals surface area contributed by atoms with Crippen LogP contribution in [-0.2, 0) is 13.2 Å². The van der Waals surface area contributed by atoms with E-state index in [9.17, 15) is 4.79 Å². The van der Waals surface area contributed by atoms with Gasteiger partial charge in [-0.2, -0.15) is 0 Å². The minimum absolute atomic E-state index is 0.0643. The first kappa shape index (κ1) is 20.8. The maximum Gasteiger partial charge on any atom is 0.253 e. The smallest absolute Gasteiger partial charge is 0.253 e. The fourth-order valence-corrected chi connectivity index (χ4v) is 4.51. The van der Waals surface area contributed by atoms with E-state index in [0.29, 0.717) is 25.3 Å². The van der Waals surface area contributed by atoms with Gasteiger partial charge in [-0.1, -0.05) is 6.07 Å². The molecule has 2 aliphatic heterocycles. The second-order valence-corrected chi connectivity index (χ2v) is 8.99. The van der Waals surface area contributed by atoms with Crippen LogP contribution in [0.3, 0.4) is 0 Å². The Morgan fingerprint density at radius 1 is 1.06 bits per heavy atom. The summed E-state index contributed by atoms with van der Waals surface area (Å²) in [7, 11) is 0. The lowest BCUT2D eigenvalue weighted by atomic mass is 10.1. The van der Waals surface area contributed by atoms with Gasteiger partial charge in [0.15, 0.2) is 11.5 Å². The molecule has 1 amide bonds. The van der Waals surface area contributed by atoms with E-state index in [1.54, 1.807) is 11.3 Å². The molecule has 0 radical (unpaired) electrons. The molecular weight excluding hydrogens is 426 g/mol. The largest absolute Gasteiger partial charge is 0.487 e. The van der Waals surface area contributed by atoms with Crippen LogP contribution in [0.4, 0.5) is 0 Å². The van der Waals surface area contributed by atoms with Crippen molar-refractivity contribution in [2.75, 3.05) is 33.0 Å². The van der Waals surface area contributed by atoms with E-state index >= 15 is 0 Å². The predicted octanol–water partition coefficient (Wildman–Crippen LogP) is 3.72. The van der Waals surface area contributed by atoms with Crippen LogP contribution in [0.25, 0.3) is 0 Å². The van der Waals surface area contributed by atoms with Gasteiger partial charge in [0.2, 0.25) is 6.79 Å². The third-order valence-corrected chi connectivity index (χ3v) is 6.48. The van der Waals surface area contributed by atoms with Crippen molar-refractivity contribution in [1.29, 1.82) is 0 Å². The van der Waals surface area contributed by atoms with Gasteiger partial charge in [-0.15, -0.1) is 11.3 Å². The lowest BCUT2D eigenvalue weighted by Gasteiger charge is -2.34. The molecule has 0 unspecified atom stereocenters. The number of aryl methyl sites for hydroxylation is 1. The Bertz CT molecular complexity index is 1090. The highest BCUT2D eigenvalue weighted by Crippen LogP contribution is 2.32. The molecule has 166 valence electrons. The molecule has 0 saturated carbocycles. The van der Waals surface area contributed by atoms with Gasteiger partial charge in [-0.25, -0.2) is 4.98 Å². The van der Waals surface area contributed by atoms with Gasteiger partial charge in [0, 0.05) is 43.7 Å². The van der Waals surface area contributed by atoms with Crippen LogP contribution in [0.5, 0.6) is 17.2 Å². The maximum atomic E-state index is 12.9. The Kier molecular flexibility index (Phi) is 5.96. The summed E-state index contributed by atoms with van der Waals surface area (Å²) in [6, 6.07) is 13.4. The molecule has 0 spiro atoms. The summed E-state index contributed by atoms with van der Waals surface area (Å²) in [5.41, 5.74) is 2.80. The fourth-order valence-electron chi connectivity index (χ4n) is 3.91. The second kappa shape index (κ2) is 9.18. The quantitative estimate of drug-likeness (QED) is 0.569. The van der Waals surface area contributed by atoms with E-state index in [-0.39, 0.29) is 12.7 Å². The first-order chi connectivity index (χ1) is 15.6. The summed E-state index contributed by atoms with van der Waals surface area (Å²) in [5.74, 6) is 2.42. The highest BCUT2D eigenvalue weighted by atomic mass is 32.1. The molecule has 3 aromatic rings. The van der Waals surface area contributed by atoms with Crippen LogP contribution in [0.15, 0.2) is 47.8 Å². The zero-order valence-corrected chi connectivity index (χ0v) is 18.8. The molecule has 5 rings (SSSR count). The fraction of sp³-hybridized carbons (Fsp3) is 0.333. The third-order valence-electron chi connectivity index (χ3n) is 5.66. The number of nitrogens with zero attached hydrogens (tertiary/aromatic N) is 3. The minimum atomic E-state index is 0.0643. The van der Waals surface area contributed by atoms with Gasteiger partial charge in [0.25, 0.3) is 5.91 Å². The monoisotopic (exact) mass is 451 g/mol. The topological polar surface area (TPSA) is 64.1 Å². The van der Waals surface area contributed by atoms with Gasteiger partial charge in [0.05, 0.1) is 10.7 Å². The van der Waals surface area contributed by atoms with Crippen LogP contribution < -0.4 is 14.2 Å². The average molecular weight is 452 g/mol. The molecule has 7 nitrogen and oxygen atoms in total. The van der Waals surface area contributed by atoms with E-state index in [2.05, 4.69) is 16.0 Å². The van der Waals surface area contributed by atoms with Crippen LogP contribution >= 0.6 is 11.3 Å². The predicted molar refractivity (Wildman–Crippen MR) is 121 cm³/mol. The molecule has 8 heteroatoms. The van der Waals surface area contributed by atoms with Gasteiger partial charge in [-0.3, -0.25) is 9.69 Å². The Balaban J connectivity index is 1.11. The van der Waals surface area contributed by atoms with E-state index in [4.69, 9.17) is 14.2 Å². The van der Waals surface area contributed by atoms with Crippen molar-refractivity contribution in [3.05, 3.63) is 69.7 Å². The van der Waals surface area contributed by atoms with Crippen LogP contribution in [0.2, 0.25) is 0 Å². The minimum Gasteiger partial charge on any atom is -0.487 e. The summed E-state index contributed by atoms with van der Waals surface area (Å²) < 4.78 is 16.6.